The first-order valence-electron chi connectivity index (χ1n) is 5.18. The van der Waals surface area contributed by atoms with Crippen LogP contribution in [0, 0.1) is 0 Å². The van der Waals surface area contributed by atoms with Crippen LogP contribution in [-0.2, 0) is 0 Å². The number of nitrogens with two attached hydrogens (primary N) is 1. The van der Waals surface area contributed by atoms with Crippen LogP contribution < -0.4 is 10.5 Å². The van der Waals surface area contributed by atoms with Gasteiger partial charge in [-0.25, -0.2) is 0 Å². The summed E-state index contributed by atoms with van der Waals surface area (Å²) in [5.74, 6) is 0.597. The molecule has 1 unspecified atom stereocenters. The monoisotopic (exact) mass is 252 g/mol. The molecule has 2 N–H and O–H groups in total. The van der Waals surface area contributed by atoms with Crippen LogP contribution in [0.4, 0.5) is 0 Å². The zero-order chi connectivity index (χ0) is 13.0. The number of nitrogens with zero attached hydrogens (tertiary/aromatic N) is 1. The summed E-state index contributed by atoms with van der Waals surface area (Å²) in [4.78, 5) is 13.9. The van der Waals surface area contributed by atoms with E-state index in [1.807, 2.05) is 0 Å². The molecule has 92 valence electrons. The minimum Gasteiger partial charge on any atom is -0.497 e. The number of likely N-dealkylation sites (N-methyl/N-ethyl adjacent to an activating group) is 1. The van der Waals surface area contributed by atoms with Crippen LogP contribution >= 0.6 is 12.2 Å². The van der Waals surface area contributed by atoms with Crippen molar-refractivity contribution in [1.82, 2.24) is 4.90 Å². The Morgan fingerprint density at radius 2 is 1.94 bits per heavy atom. The van der Waals surface area contributed by atoms with Gasteiger partial charge in [0.05, 0.1) is 18.1 Å². The van der Waals surface area contributed by atoms with Gasteiger partial charge in [0.25, 0.3) is 5.91 Å². The van der Waals surface area contributed by atoms with Gasteiger partial charge in [-0.2, -0.15) is 0 Å². The molecule has 0 aliphatic carbocycles. The van der Waals surface area contributed by atoms with Gasteiger partial charge in [-0.1, -0.05) is 12.2 Å². The van der Waals surface area contributed by atoms with E-state index in [-0.39, 0.29) is 11.9 Å². The number of ether oxygens (including phenoxy) is 1. The van der Waals surface area contributed by atoms with Crippen molar-refractivity contribution >= 4 is 23.1 Å². The number of thiocarbonyl (C=S) groups is 1. The molecule has 1 aromatic carbocycles. The van der Waals surface area contributed by atoms with Crippen molar-refractivity contribution in [3.05, 3.63) is 29.8 Å². The van der Waals surface area contributed by atoms with Gasteiger partial charge >= 0.3 is 0 Å². The van der Waals surface area contributed by atoms with Crippen LogP contribution in [0.15, 0.2) is 24.3 Å². The number of methoxy groups -OCH3 is 1. The average molecular weight is 252 g/mol. The molecule has 17 heavy (non-hydrogen) atoms. The van der Waals surface area contributed by atoms with E-state index in [1.165, 1.54) is 4.90 Å². The molecule has 4 nitrogen and oxygen atoms in total. The quantitative estimate of drug-likeness (QED) is 0.824. The fraction of sp³-hybridized carbons (Fsp3) is 0.333. The first-order chi connectivity index (χ1) is 7.97. The standard InChI is InChI=1S/C12H16N2O2S/c1-8(11(13)17)14(2)12(15)9-4-6-10(16-3)7-5-9/h4-8H,1-3H3,(H2,13,17). The largest absolute Gasteiger partial charge is 0.497 e. The molecule has 5 heteroatoms. The van der Waals surface area contributed by atoms with Crippen molar-refractivity contribution in [1.29, 1.82) is 0 Å². The molecule has 0 spiro atoms. The van der Waals surface area contributed by atoms with E-state index in [9.17, 15) is 4.79 Å². The molecular formula is C12H16N2O2S. The van der Waals surface area contributed by atoms with Crippen LogP contribution in [0.25, 0.3) is 0 Å². The third-order valence-corrected chi connectivity index (χ3v) is 2.99. The second-order valence-corrected chi connectivity index (χ2v) is 4.19. The van der Waals surface area contributed by atoms with Crippen molar-refractivity contribution < 1.29 is 9.53 Å². The highest BCUT2D eigenvalue weighted by atomic mass is 32.1. The predicted octanol–water partition coefficient (Wildman–Crippen LogP) is 1.44. The van der Waals surface area contributed by atoms with Gasteiger partial charge in [0, 0.05) is 12.6 Å². The van der Waals surface area contributed by atoms with Crippen molar-refractivity contribution in [3.8, 4) is 5.75 Å². The number of rotatable bonds is 4. The topological polar surface area (TPSA) is 55.6 Å². The predicted molar refractivity (Wildman–Crippen MR) is 71.3 cm³/mol. The van der Waals surface area contributed by atoms with E-state index in [0.29, 0.717) is 16.3 Å². The Kier molecular flexibility index (Phi) is 4.45. The lowest BCUT2D eigenvalue weighted by Gasteiger charge is -2.24. The summed E-state index contributed by atoms with van der Waals surface area (Å²) in [6, 6.07) is 6.65. The maximum atomic E-state index is 12.1. The molecule has 1 amide bonds. The maximum absolute atomic E-state index is 12.1. The second kappa shape index (κ2) is 5.63. The minimum atomic E-state index is -0.264. The van der Waals surface area contributed by atoms with E-state index in [1.54, 1.807) is 45.3 Å². The molecule has 0 fully saturated rings. The van der Waals surface area contributed by atoms with Crippen LogP contribution in [0.3, 0.4) is 0 Å². The fourth-order valence-electron chi connectivity index (χ4n) is 1.30. The third kappa shape index (κ3) is 3.17. The summed E-state index contributed by atoms with van der Waals surface area (Å²) in [7, 11) is 3.26. The summed E-state index contributed by atoms with van der Waals surface area (Å²) in [5, 5.41) is 0. The summed E-state index contributed by atoms with van der Waals surface area (Å²) >= 11 is 4.87. The zero-order valence-corrected chi connectivity index (χ0v) is 11.0. The van der Waals surface area contributed by atoms with Gasteiger partial charge < -0.3 is 15.4 Å². The highest BCUT2D eigenvalue weighted by Gasteiger charge is 2.19. The van der Waals surface area contributed by atoms with E-state index in [0.717, 1.165) is 0 Å². The van der Waals surface area contributed by atoms with E-state index >= 15 is 0 Å². The average Bonchev–Trinajstić information content (AvgIpc) is 2.36. The Bertz CT molecular complexity index is 417. The lowest BCUT2D eigenvalue weighted by molar-refractivity contribution is 0.0779. The zero-order valence-electron chi connectivity index (χ0n) is 10.1. The van der Waals surface area contributed by atoms with Crippen molar-refractivity contribution in [2.45, 2.75) is 13.0 Å². The maximum Gasteiger partial charge on any atom is 0.254 e. The third-order valence-electron chi connectivity index (χ3n) is 2.65. The Morgan fingerprint density at radius 3 is 2.35 bits per heavy atom. The van der Waals surface area contributed by atoms with E-state index < -0.39 is 0 Å². The van der Waals surface area contributed by atoms with Crippen LogP contribution in [0.1, 0.15) is 17.3 Å². The molecule has 0 aliphatic heterocycles. The molecule has 0 saturated carbocycles. The van der Waals surface area contributed by atoms with Gasteiger partial charge in [0.15, 0.2) is 0 Å². The molecule has 0 heterocycles. The summed E-state index contributed by atoms with van der Waals surface area (Å²) < 4.78 is 5.03. The van der Waals surface area contributed by atoms with Gasteiger partial charge in [0.1, 0.15) is 5.75 Å². The molecule has 0 aromatic heterocycles. The first kappa shape index (κ1) is 13.4. The Labute approximate surface area is 106 Å². The number of benzene rings is 1. The van der Waals surface area contributed by atoms with Gasteiger partial charge in [0.2, 0.25) is 0 Å². The molecule has 0 radical (unpaired) electrons. The SMILES string of the molecule is COc1ccc(C(=O)N(C)C(C)C(N)=S)cc1. The summed E-state index contributed by atoms with van der Waals surface area (Å²) in [5.41, 5.74) is 6.10. The highest BCUT2D eigenvalue weighted by molar-refractivity contribution is 7.80. The first-order valence-corrected chi connectivity index (χ1v) is 5.58. The Balaban J connectivity index is 2.85. The van der Waals surface area contributed by atoms with Crippen LogP contribution in [0.2, 0.25) is 0 Å². The Morgan fingerprint density at radius 1 is 1.41 bits per heavy atom. The number of carbonyl (C=O) groups excluding carboxylic acids is 1. The van der Waals surface area contributed by atoms with Gasteiger partial charge in [-0.15, -0.1) is 0 Å². The molecule has 0 bridgehead atoms. The van der Waals surface area contributed by atoms with Crippen LogP contribution in [0.5, 0.6) is 5.75 Å². The fourth-order valence-corrected chi connectivity index (χ4v) is 1.46. The normalized spacial score (nSPS) is 11.7. The van der Waals surface area contributed by atoms with Gasteiger partial charge in [-0.05, 0) is 31.2 Å². The second-order valence-electron chi connectivity index (χ2n) is 3.72. The summed E-state index contributed by atoms with van der Waals surface area (Å²) in [6.45, 7) is 1.80. The molecule has 1 aromatic rings. The number of hydrogen-bond donors (Lipinski definition) is 1. The van der Waals surface area contributed by atoms with E-state index in [2.05, 4.69) is 0 Å². The molecular weight excluding hydrogens is 236 g/mol. The number of carbonyl (C=O) groups is 1. The molecule has 0 saturated heterocycles. The number of hydrogen-bond acceptors (Lipinski definition) is 3. The summed E-state index contributed by atoms with van der Waals surface area (Å²) in [6.07, 6.45) is 0. The molecule has 1 atom stereocenters. The molecule has 1 rings (SSSR count). The van der Waals surface area contributed by atoms with E-state index in [4.69, 9.17) is 22.7 Å². The smallest absolute Gasteiger partial charge is 0.254 e. The lowest BCUT2D eigenvalue weighted by Crippen LogP contribution is -2.42. The van der Waals surface area contributed by atoms with Gasteiger partial charge in [-0.3, -0.25) is 4.79 Å². The Hall–Kier alpha value is -1.62. The van der Waals surface area contributed by atoms with Crippen molar-refractivity contribution in [3.63, 3.8) is 0 Å². The lowest BCUT2D eigenvalue weighted by atomic mass is 10.1. The van der Waals surface area contributed by atoms with Crippen molar-refractivity contribution in [2.24, 2.45) is 5.73 Å². The van der Waals surface area contributed by atoms with Crippen molar-refractivity contribution in [2.75, 3.05) is 14.2 Å². The number of amides is 1. The minimum absolute atomic E-state index is 0.118. The van der Waals surface area contributed by atoms with Crippen LogP contribution in [-0.4, -0.2) is 36.0 Å². The molecule has 0 aliphatic rings. The highest BCUT2D eigenvalue weighted by Crippen LogP contribution is 2.13.